The number of amides is 5. The Hall–Kier alpha value is -3.48. The van der Waals surface area contributed by atoms with E-state index >= 15 is 0 Å². The highest BCUT2D eigenvalue weighted by Gasteiger charge is 2.35. The molecule has 0 aromatic heterocycles. The van der Waals surface area contributed by atoms with E-state index in [1.807, 2.05) is 0 Å². The minimum absolute atomic E-state index is 0.0653. The highest BCUT2D eigenvalue weighted by atomic mass is 16.7. The van der Waals surface area contributed by atoms with Crippen molar-refractivity contribution in [3.05, 3.63) is 12.2 Å². The highest BCUT2D eigenvalue weighted by Crippen LogP contribution is 2.13. The second-order valence-corrected chi connectivity index (χ2v) is 5.43. The van der Waals surface area contributed by atoms with E-state index in [1.165, 1.54) is 0 Å². The van der Waals surface area contributed by atoms with Gasteiger partial charge in [-0.15, -0.1) is 17.4 Å². The molecule has 2 aliphatic rings. The summed E-state index contributed by atoms with van der Waals surface area (Å²) in [6, 6.07) is -1.28. The van der Waals surface area contributed by atoms with Crippen molar-refractivity contribution >= 4 is 35.5 Å². The number of hydrogen-bond acceptors (Lipinski definition) is 7. The van der Waals surface area contributed by atoms with Gasteiger partial charge in [-0.05, 0) is 0 Å². The normalized spacial score (nSPS) is 17.5. The van der Waals surface area contributed by atoms with Gasteiger partial charge in [0.25, 0.3) is 23.6 Å². The molecule has 26 heavy (non-hydrogen) atoms. The number of rotatable bonds is 7. The maximum Gasteiger partial charge on any atom is 0.356 e. The summed E-state index contributed by atoms with van der Waals surface area (Å²) in [6.45, 7) is -0.169. The van der Waals surface area contributed by atoms with Gasteiger partial charge in [-0.2, -0.15) is 0 Å². The van der Waals surface area contributed by atoms with Crippen LogP contribution in [0.4, 0.5) is 0 Å². The van der Waals surface area contributed by atoms with Crippen molar-refractivity contribution in [2.24, 2.45) is 0 Å². The number of nitrogens with one attached hydrogen (secondary N) is 1. The third-order valence-corrected chi connectivity index (χ3v) is 3.59. The van der Waals surface area contributed by atoms with Crippen LogP contribution in [-0.2, 0) is 33.6 Å². The lowest BCUT2D eigenvalue weighted by molar-refractivity contribution is -0.199. The third-order valence-electron chi connectivity index (χ3n) is 3.59. The zero-order valence-electron chi connectivity index (χ0n) is 13.6. The summed E-state index contributed by atoms with van der Waals surface area (Å²) in [5.41, 5.74) is 0. The second kappa shape index (κ2) is 8.06. The van der Waals surface area contributed by atoms with Crippen molar-refractivity contribution in [2.75, 3.05) is 6.54 Å². The van der Waals surface area contributed by atoms with Crippen molar-refractivity contribution in [3.8, 4) is 12.3 Å². The summed E-state index contributed by atoms with van der Waals surface area (Å²) in [5, 5.41) is 2.65. The Labute approximate surface area is 148 Å². The molecule has 2 rings (SSSR count). The van der Waals surface area contributed by atoms with Crippen LogP contribution in [0.3, 0.4) is 0 Å². The summed E-state index contributed by atoms with van der Waals surface area (Å²) in [4.78, 5) is 75.3. The lowest BCUT2D eigenvalue weighted by atomic mass is 10.2. The predicted molar refractivity (Wildman–Crippen MR) is 83.0 cm³/mol. The minimum Gasteiger partial charge on any atom is -0.342 e. The quantitative estimate of drug-likeness (QED) is 0.428. The summed E-state index contributed by atoms with van der Waals surface area (Å²) in [6.07, 6.45) is 6.71. The van der Waals surface area contributed by atoms with Crippen molar-refractivity contribution in [1.29, 1.82) is 0 Å². The molecule has 2 heterocycles. The Morgan fingerprint density at radius 3 is 2.27 bits per heavy atom. The number of carbonyl (C=O) groups is 6. The highest BCUT2D eigenvalue weighted by molar-refractivity contribution is 6.13. The van der Waals surface area contributed by atoms with Gasteiger partial charge in [0.2, 0.25) is 5.91 Å². The average molecular weight is 361 g/mol. The number of carbonyl (C=O) groups excluding carboxylic acids is 6. The Kier molecular flexibility index (Phi) is 5.85. The summed E-state index contributed by atoms with van der Waals surface area (Å²) in [7, 11) is 0. The van der Waals surface area contributed by atoms with E-state index in [0.717, 1.165) is 17.1 Å². The van der Waals surface area contributed by atoms with Crippen LogP contribution in [0.5, 0.6) is 0 Å². The molecule has 0 aromatic carbocycles. The molecule has 1 N–H and O–H groups in total. The fourth-order valence-corrected chi connectivity index (χ4v) is 2.25. The molecule has 0 saturated carbocycles. The topological polar surface area (TPSA) is 130 Å². The largest absolute Gasteiger partial charge is 0.356 e. The number of hydrogen-bond donors (Lipinski definition) is 1. The fraction of sp³-hybridized carbons (Fsp3) is 0.375. The van der Waals surface area contributed by atoms with Gasteiger partial charge in [0.15, 0.2) is 0 Å². The van der Waals surface area contributed by atoms with E-state index in [0.29, 0.717) is 5.06 Å². The number of imide groups is 2. The lowest BCUT2D eigenvalue weighted by Gasteiger charge is -2.19. The van der Waals surface area contributed by atoms with Gasteiger partial charge in [0.1, 0.15) is 6.04 Å². The first kappa shape index (κ1) is 18.9. The van der Waals surface area contributed by atoms with Crippen molar-refractivity contribution in [3.63, 3.8) is 0 Å². The Balaban J connectivity index is 1.89. The van der Waals surface area contributed by atoms with Crippen molar-refractivity contribution in [2.45, 2.75) is 31.7 Å². The molecular formula is C16H15N3O7. The monoisotopic (exact) mass is 361 g/mol. The van der Waals surface area contributed by atoms with Crippen molar-refractivity contribution < 1.29 is 33.6 Å². The van der Waals surface area contributed by atoms with Gasteiger partial charge >= 0.3 is 5.97 Å². The molecule has 1 fully saturated rings. The molecule has 5 amide bonds. The molecule has 136 valence electrons. The van der Waals surface area contributed by atoms with Gasteiger partial charge < -0.3 is 10.2 Å². The Morgan fingerprint density at radius 1 is 1.15 bits per heavy atom. The molecule has 0 aliphatic carbocycles. The minimum atomic E-state index is -1.28. The van der Waals surface area contributed by atoms with E-state index < -0.39 is 41.5 Å². The van der Waals surface area contributed by atoms with E-state index in [9.17, 15) is 28.8 Å². The molecule has 0 aromatic rings. The van der Waals surface area contributed by atoms with E-state index in [4.69, 9.17) is 11.3 Å². The van der Waals surface area contributed by atoms with Crippen LogP contribution >= 0.6 is 0 Å². The first-order valence-corrected chi connectivity index (χ1v) is 7.67. The maximum absolute atomic E-state index is 12.1. The Morgan fingerprint density at radius 2 is 1.73 bits per heavy atom. The summed E-state index contributed by atoms with van der Waals surface area (Å²) < 4.78 is 0. The number of hydroxylamine groups is 2. The van der Waals surface area contributed by atoms with Crippen LogP contribution in [0.1, 0.15) is 25.7 Å². The van der Waals surface area contributed by atoms with Crippen LogP contribution in [0, 0.1) is 12.3 Å². The van der Waals surface area contributed by atoms with Gasteiger partial charge in [-0.1, -0.05) is 0 Å². The van der Waals surface area contributed by atoms with Crippen LogP contribution in [0.15, 0.2) is 12.2 Å². The predicted octanol–water partition coefficient (Wildman–Crippen LogP) is -1.58. The number of terminal acetylenes is 1. The molecule has 10 nitrogen and oxygen atoms in total. The average Bonchev–Trinajstić information content (AvgIpc) is 3.08. The second-order valence-electron chi connectivity index (χ2n) is 5.43. The molecule has 0 spiro atoms. The molecule has 10 heteroatoms. The molecule has 0 radical (unpaired) electrons. The molecular weight excluding hydrogens is 346 g/mol. The van der Waals surface area contributed by atoms with Crippen LogP contribution in [-0.4, -0.2) is 58.1 Å². The van der Waals surface area contributed by atoms with Gasteiger partial charge in [-0.25, -0.2) is 4.79 Å². The van der Waals surface area contributed by atoms with Gasteiger partial charge in [-0.3, -0.25) is 28.9 Å². The number of nitrogens with zero attached hydrogens (tertiary/aromatic N) is 2. The molecule has 1 saturated heterocycles. The smallest absolute Gasteiger partial charge is 0.342 e. The fourth-order valence-electron chi connectivity index (χ4n) is 2.25. The Bertz CT molecular complexity index is 715. The van der Waals surface area contributed by atoms with Gasteiger partial charge in [0, 0.05) is 44.4 Å². The van der Waals surface area contributed by atoms with E-state index in [1.54, 1.807) is 0 Å². The summed E-state index contributed by atoms with van der Waals surface area (Å²) in [5.74, 6) is -1.93. The van der Waals surface area contributed by atoms with E-state index in [-0.39, 0.29) is 32.2 Å². The van der Waals surface area contributed by atoms with Crippen LogP contribution < -0.4 is 5.32 Å². The molecule has 0 bridgehead atoms. The van der Waals surface area contributed by atoms with Crippen LogP contribution in [0.25, 0.3) is 0 Å². The lowest BCUT2D eigenvalue weighted by Crippen LogP contribution is -2.46. The zero-order chi connectivity index (χ0) is 19.3. The maximum atomic E-state index is 12.1. The standard InChI is InChI=1S/C16H15N3O7/c1-2-3-10(16(25)26-19-14(23)6-7-15(19)24)17-11(20)8-9-18-12(21)4-5-13(18)22/h1,4-5,10H,3,6-9H2,(H,17,20)/t10-/m0/s1. The van der Waals surface area contributed by atoms with Gasteiger partial charge in [0.05, 0.1) is 0 Å². The third kappa shape index (κ3) is 4.32. The first-order chi connectivity index (χ1) is 12.3. The SMILES string of the molecule is C#CC[C@H](NC(=O)CCN1C(=O)C=CC1=O)C(=O)ON1C(=O)CCC1=O. The van der Waals surface area contributed by atoms with E-state index in [2.05, 4.69) is 11.2 Å². The molecule has 2 aliphatic heterocycles. The molecule has 0 unspecified atom stereocenters. The molecule has 1 atom stereocenters. The van der Waals surface area contributed by atoms with Crippen LogP contribution in [0.2, 0.25) is 0 Å². The zero-order valence-corrected chi connectivity index (χ0v) is 13.6. The van der Waals surface area contributed by atoms with Crippen molar-refractivity contribution in [1.82, 2.24) is 15.3 Å². The summed E-state index contributed by atoms with van der Waals surface area (Å²) >= 11 is 0. The first-order valence-electron chi connectivity index (χ1n) is 7.67.